The lowest BCUT2D eigenvalue weighted by molar-refractivity contribution is 0.587. The van der Waals surface area contributed by atoms with Crippen LogP contribution in [0.15, 0.2) is 84.3 Å². The summed E-state index contributed by atoms with van der Waals surface area (Å²) in [5.41, 5.74) is 1.52. The number of hydrogen-bond donors (Lipinski definition) is 1. The van der Waals surface area contributed by atoms with Crippen LogP contribution in [0.5, 0.6) is 0 Å². The summed E-state index contributed by atoms with van der Waals surface area (Å²) < 4.78 is 28.1. The topological polar surface area (TPSA) is 89.8 Å². The second-order valence-electron chi connectivity index (χ2n) is 6.80. The molecule has 0 unspecified atom stereocenters. The number of pyridine rings is 3. The Balaban J connectivity index is 1.74. The van der Waals surface area contributed by atoms with Crippen LogP contribution >= 0.6 is 0 Å². The molecule has 0 saturated heterocycles. The third-order valence-electron chi connectivity index (χ3n) is 5.01. The molecule has 0 atom stereocenters. The molecule has 0 radical (unpaired) electrons. The van der Waals surface area contributed by atoms with Crippen LogP contribution in [-0.4, -0.2) is 27.3 Å². The molecular formula is C22H17N5O2S. The lowest BCUT2D eigenvalue weighted by Crippen LogP contribution is -2.15. The van der Waals surface area contributed by atoms with Gasteiger partial charge >= 0.3 is 0 Å². The lowest BCUT2D eigenvalue weighted by atomic mass is 10.2. The first-order valence-corrected chi connectivity index (χ1v) is 10.7. The van der Waals surface area contributed by atoms with Crippen molar-refractivity contribution in [3.05, 3.63) is 85.1 Å². The van der Waals surface area contributed by atoms with Gasteiger partial charge in [0, 0.05) is 35.6 Å². The Morgan fingerprint density at radius 1 is 0.867 bits per heavy atom. The minimum absolute atomic E-state index is 0.203. The van der Waals surface area contributed by atoms with Crippen molar-refractivity contribution in [3.63, 3.8) is 0 Å². The molecular weight excluding hydrogens is 398 g/mol. The largest absolute Gasteiger partial charge is 0.338 e. The average molecular weight is 415 g/mol. The van der Waals surface area contributed by atoms with Gasteiger partial charge < -0.3 is 5.32 Å². The van der Waals surface area contributed by atoms with Crippen molar-refractivity contribution in [1.29, 1.82) is 0 Å². The van der Waals surface area contributed by atoms with Crippen molar-refractivity contribution < 1.29 is 8.42 Å². The zero-order valence-corrected chi connectivity index (χ0v) is 16.8. The quantitative estimate of drug-likeness (QED) is 0.471. The molecule has 0 saturated carbocycles. The van der Waals surface area contributed by atoms with E-state index >= 15 is 0 Å². The first-order chi connectivity index (χ1) is 14.6. The summed E-state index contributed by atoms with van der Waals surface area (Å²) in [4.78, 5) is 13.2. The number of nitrogens with zero attached hydrogens (tertiary/aromatic N) is 4. The first kappa shape index (κ1) is 18.3. The van der Waals surface area contributed by atoms with Crippen LogP contribution in [0.1, 0.15) is 5.69 Å². The van der Waals surface area contributed by atoms with Gasteiger partial charge in [-0.05, 0) is 48.7 Å². The predicted molar refractivity (Wildman–Crippen MR) is 116 cm³/mol. The van der Waals surface area contributed by atoms with Gasteiger partial charge in [-0.3, -0.25) is 4.98 Å². The van der Waals surface area contributed by atoms with Crippen LogP contribution in [0.2, 0.25) is 0 Å². The fraction of sp³-hybridized carbons (Fsp3) is 0.0455. The Hall–Kier alpha value is -3.78. The number of nitrogens with one attached hydrogen (secondary N) is 1. The Bertz CT molecular complexity index is 1490. The van der Waals surface area contributed by atoms with Crippen LogP contribution < -0.4 is 5.32 Å². The fourth-order valence-corrected chi connectivity index (χ4v) is 5.12. The van der Waals surface area contributed by atoms with Crippen LogP contribution in [0, 0.1) is 6.92 Å². The number of fused-ring (bicyclic) bond motifs is 2. The SMILES string of the molecule is Cc1c(Nc2nccc3ccncc23)c2cccnc2n1S(=O)(=O)c1ccccc1. The monoisotopic (exact) mass is 415 g/mol. The molecule has 1 N–H and O–H groups in total. The molecule has 0 amide bonds. The van der Waals surface area contributed by atoms with Crippen molar-refractivity contribution in [2.45, 2.75) is 11.8 Å². The van der Waals surface area contributed by atoms with E-state index in [0.717, 1.165) is 10.8 Å². The molecule has 30 heavy (non-hydrogen) atoms. The van der Waals surface area contributed by atoms with Crippen molar-refractivity contribution in [1.82, 2.24) is 18.9 Å². The second kappa shape index (κ2) is 6.93. The standard InChI is InChI=1S/C22H17N5O2S/c1-15-20(26-21-19-14-23-12-9-16(19)10-13-24-21)18-8-5-11-25-22(18)27(15)30(28,29)17-6-3-2-4-7-17/h2-14H,1H3,(H,24,26). The molecule has 8 heteroatoms. The van der Waals surface area contributed by atoms with Crippen molar-refractivity contribution >= 4 is 43.3 Å². The number of benzene rings is 1. The van der Waals surface area contributed by atoms with E-state index in [1.54, 1.807) is 68.1 Å². The summed E-state index contributed by atoms with van der Waals surface area (Å²) in [5.74, 6) is 0.601. The Morgan fingerprint density at radius 2 is 1.67 bits per heavy atom. The van der Waals surface area contributed by atoms with Crippen LogP contribution in [0.4, 0.5) is 11.5 Å². The minimum Gasteiger partial charge on any atom is -0.338 e. The summed E-state index contributed by atoms with van der Waals surface area (Å²) in [6, 6.07) is 15.8. The molecule has 0 aliphatic rings. The zero-order chi connectivity index (χ0) is 20.7. The van der Waals surface area contributed by atoms with E-state index in [4.69, 9.17) is 0 Å². The highest BCUT2D eigenvalue weighted by Gasteiger charge is 2.26. The fourth-order valence-electron chi connectivity index (χ4n) is 3.59. The van der Waals surface area contributed by atoms with Crippen LogP contribution in [-0.2, 0) is 10.0 Å². The average Bonchev–Trinajstić information content (AvgIpc) is 3.06. The van der Waals surface area contributed by atoms with Gasteiger partial charge in [0.15, 0.2) is 5.65 Å². The molecule has 0 fully saturated rings. The molecule has 0 aliphatic heterocycles. The number of rotatable bonds is 4. The van der Waals surface area contributed by atoms with Gasteiger partial charge in [0.1, 0.15) is 5.82 Å². The molecule has 1 aromatic carbocycles. The van der Waals surface area contributed by atoms with E-state index in [1.165, 1.54) is 3.97 Å². The van der Waals surface area contributed by atoms with Crippen LogP contribution in [0.3, 0.4) is 0 Å². The van der Waals surface area contributed by atoms with E-state index in [0.29, 0.717) is 28.2 Å². The Kier molecular flexibility index (Phi) is 4.22. The lowest BCUT2D eigenvalue weighted by Gasteiger charge is -2.11. The van der Waals surface area contributed by atoms with E-state index in [-0.39, 0.29) is 4.90 Å². The maximum absolute atomic E-state index is 13.4. The molecule has 0 bridgehead atoms. The van der Waals surface area contributed by atoms with E-state index in [9.17, 15) is 8.42 Å². The van der Waals surface area contributed by atoms with Gasteiger partial charge in [0.2, 0.25) is 0 Å². The summed E-state index contributed by atoms with van der Waals surface area (Å²) in [5, 5.41) is 5.85. The zero-order valence-electron chi connectivity index (χ0n) is 16.0. The van der Waals surface area contributed by atoms with Gasteiger partial charge in [-0.25, -0.2) is 22.4 Å². The summed E-state index contributed by atoms with van der Waals surface area (Å²) in [6.07, 6.45) is 6.75. The van der Waals surface area contributed by atoms with E-state index in [1.807, 2.05) is 18.2 Å². The van der Waals surface area contributed by atoms with Crippen molar-refractivity contribution in [3.8, 4) is 0 Å². The van der Waals surface area contributed by atoms with Gasteiger partial charge in [-0.1, -0.05) is 18.2 Å². The molecule has 0 spiro atoms. The van der Waals surface area contributed by atoms with Crippen molar-refractivity contribution in [2.75, 3.05) is 5.32 Å². The third kappa shape index (κ3) is 2.81. The molecule has 148 valence electrons. The highest BCUT2D eigenvalue weighted by atomic mass is 32.2. The maximum atomic E-state index is 13.4. The molecule has 7 nitrogen and oxygen atoms in total. The Labute approximate surface area is 173 Å². The highest BCUT2D eigenvalue weighted by molar-refractivity contribution is 7.90. The molecule has 0 aliphatic carbocycles. The first-order valence-electron chi connectivity index (χ1n) is 9.30. The molecule has 4 heterocycles. The highest BCUT2D eigenvalue weighted by Crippen LogP contribution is 2.35. The number of hydrogen-bond acceptors (Lipinski definition) is 6. The molecule has 5 rings (SSSR count). The van der Waals surface area contributed by atoms with E-state index < -0.39 is 10.0 Å². The smallest absolute Gasteiger partial charge is 0.269 e. The number of anilines is 2. The second-order valence-corrected chi connectivity index (χ2v) is 8.59. The molecule has 4 aromatic heterocycles. The van der Waals surface area contributed by atoms with Crippen LogP contribution in [0.25, 0.3) is 21.8 Å². The number of aromatic nitrogens is 4. The van der Waals surface area contributed by atoms with Gasteiger partial charge in [0.25, 0.3) is 10.0 Å². The van der Waals surface area contributed by atoms with Gasteiger partial charge in [-0.15, -0.1) is 0 Å². The Morgan fingerprint density at radius 3 is 2.50 bits per heavy atom. The molecule has 5 aromatic rings. The summed E-state index contributed by atoms with van der Waals surface area (Å²) in [6.45, 7) is 1.76. The maximum Gasteiger partial charge on any atom is 0.269 e. The van der Waals surface area contributed by atoms with Gasteiger partial charge in [0.05, 0.1) is 16.3 Å². The summed E-state index contributed by atoms with van der Waals surface area (Å²) in [7, 11) is -3.83. The van der Waals surface area contributed by atoms with Gasteiger partial charge in [-0.2, -0.15) is 0 Å². The summed E-state index contributed by atoms with van der Waals surface area (Å²) >= 11 is 0. The normalized spacial score (nSPS) is 11.8. The van der Waals surface area contributed by atoms with E-state index in [2.05, 4.69) is 20.3 Å². The predicted octanol–water partition coefficient (Wildman–Crippen LogP) is 4.27. The van der Waals surface area contributed by atoms with Crippen molar-refractivity contribution in [2.24, 2.45) is 0 Å². The third-order valence-corrected chi connectivity index (χ3v) is 6.80. The minimum atomic E-state index is -3.83.